The van der Waals surface area contributed by atoms with Crippen molar-refractivity contribution in [1.29, 1.82) is 0 Å². The van der Waals surface area contributed by atoms with Gasteiger partial charge >= 0.3 is 0 Å². The Kier molecular flexibility index (Phi) is 4.99. The lowest BCUT2D eigenvalue weighted by Crippen LogP contribution is -2.27. The third kappa shape index (κ3) is 3.96. The number of benzene rings is 1. The number of nitrogens with two attached hydrogens (primary N) is 1. The molecular formula is C10H10Cl2N2OS. The van der Waals surface area contributed by atoms with Crippen molar-refractivity contribution in [2.75, 3.05) is 6.54 Å². The monoisotopic (exact) mass is 276 g/mol. The number of nitrogens with one attached hydrogen (secondary N) is 1. The molecule has 0 saturated carbocycles. The molecule has 0 aliphatic carbocycles. The van der Waals surface area contributed by atoms with E-state index in [4.69, 9.17) is 41.2 Å². The lowest BCUT2D eigenvalue weighted by Gasteiger charge is -2.06. The summed E-state index contributed by atoms with van der Waals surface area (Å²) in [7, 11) is 0. The Hall–Kier alpha value is -0.840. The van der Waals surface area contributed by atoms with Crippen LogP contribution in [0.1, 0.15) is 16.8 Å². The van der Waals surface area contributed by atoms with Gasteiger partial charge in [-0.1, -0.05) is 35.4 Å². The van der Waals surface area contributed by atoms with Gasteiger partial charge in [0, 0.05) is 18.0 Å². The zero-order valence-corrected chi connectivity index (χ0v) is 10.6. The molecule has 0 unspecified atom stereocenters. The SMILES string of the molecule is NC(=S)CCNC(=O)c1cc(Cl)ccc1Cl. The number of hydrogen-bond donors (Lipinski definition) is 2. The predicted octanol–water partition coefficient (Wildman–Crippen LogP) is 2.40. The maximum atomic E-state index is 11.7. The average molecular weight is 277 g/mol. The van der Waals surface area contributed by atoms with Crippen molar-refractivity contribution < 1.29 is 4.79 Å². The van der Waals surface area contributed by atoms with E-state index in [9.17, 15) is 4.79 Å². The summed E-state index contributed by atoms with van der Waals surface area (Å²) in [5.74, 6) is -0.288. The van der Waals surface area contributed by atoms with Crippen LogP contribution < -0.4 is 11.1 Å². The van der Waals surface area contributed by atoms with E-state index in [1.807, 2.05) is 0 Å². The van der Waals surface area contributed by atoms with E-state index in [1.165, 1.54) is 6.07 Å². The van der Waals surface area contributed by atoms with E-state index in [0.29, 0.717) is 33.6 Å². The summed E-state index contributed by atoms with van der Waals surface area (Å²) in [6.45, 7) is 0.386. The highest BCUT2D eigenvalue weighted by Crippen LogP contribution is 2.20. The zero-order chi connectivity index (χ0) is 12.1. The van der Waals surface area contributed by atoms with Crippen molar-refractivity contribution >= 4 is 46.3 Å². The molecule has 0 bridgehead atoms. The molecule has 0 radical (unpaired) electrons. The summed E-state index contributed by atoms with van der Waals surface area (Å²) in [6.07, 6.45) is 0.458. The molecular weight excluding hydrogens is 267 g/mol. The predicted molar refractivity (Wildman–Crippen MR) is 70.2 cm³/mol. The van der Waals surface area contributed by atoms with Gasteiger partial charge in [0.15, 0.2) is 0 Å². The first kappa shape index (κ1) is 13.2. The molecule has 16 heavy (non-hydrogen) atoms. The smallest absolute Gasteiger partial charge is 0.252 e. The van der Waals surface area contributed by atoms with E-state index in [1.54, 1.807) is 12.1 Å². The van der Waals surface area contributed by atoms with Crippen LogP contribution in [0.25, 0.3) is 0 Å². The topological polar surface area (TPSA) is 55.1 Å². The van der Waals surface area contributed by atoms with Gasteiger partial charge < -0.3 is 11.1 Å². The maximum absolute atomic E-state index is 11.7. The third-order valence-electron chi connectivity index (χ3n) is 1.83. The van der Waals surface area contributed by atoms with E-state index in [-0.39, 0.29) is 5.91 Å². The van der Waals surface area contributed by atoms with Crippen LogP contribution in [0.3, 0.4) is 0 Å². The van der Waals surface area contributed by atoms with Crippen molar-refractivity contribution in [2.24, 2.45) is 5.73 Å². The molecule has 3 nitrogen and oxygen atoms in total. The van der Waals surface area contributed by atoms with Gasteiger partial charge in [-0.15, -0.1) is 0 Å². The van der Waals surface area contributed by atoms with Crippen LogP contribution in [0.2, 0.25) is 10.0 Å². The Morgan fingerprint density at radius 1 is 1.44 bits per heavy atom. The summed E-state index contributed by atoms with van der Waals surface area (Å²) in [6, 6.07) is 4.71. The van der Waals surface area contributed by atoms with Crippen LogP contribution in [-0.2, 0) is 0 Å². The van der Waals surface area contributed by atoms with Gasteiger partial charge in [-0.3, -0.25) is 4.79 Å². The second-order valence-corrected chi connectivity index (χ2v) is 4.46. The molecule has 0 aromatic heterocycles. The highest BCUT2D eigenvalue weighted by molar-refractivity contribution is 7.80. The summed E-state index contributed by atoms with van der Waals surface area (Å²) >= 11 is 16.3. The molecule has 0 atom stereocenters. The van der Waals surface area contributed by atoms with Crippen LogP contribution in [0.5, 0.6) is 0 Å². The van der Waals surface area contributed by atoms with Crippen molar-refractivity contribution in [2.45, 2.75) is 6.42 Å². The Bertz CT molecular complexity index is 423. The number of rotatable bonds is 4. The lowest BCUT2D eigenvalue weighted by molar-refractivity contribution is 0.0955. The fourth-order valence-electron chi connectivity index (χ4n) is 1.07. The maximum Gasteiger partial charge on any atom is 0.252 e. The largest absolute Gasteiger partial charge is 0.393 e. The number of amides is 1. The first-order valence-electron chi connectivity index (χ1n) is 4.52. The fraction of sp³-hybridized carbons (Fsp3) is 0.200. The molecule has 0 spiro atoms. The molecule has 86 valence electrons. The van der Waals surface area contributed by atoms with Crippen LogP contribution in [0, 0.1) is 0 Å². The molecule has 0 heterocycles. The van der Waals surface area contributed by atoms with E-state index in [2.05, 4.69) is 5.32 Å². The molecule has 6 heteroatoms. The van der Waals surface area contributed by atoms with Gasteiger partial charge in [0.25, 0.3) is 5.91 Å². The van der Waals surface area contributed by atoms with Gasteiger partial charge in [-0.05, 0) is 18.2 Å². The molecule has 0 aliphatic heterocycles. The van der Waals surface area contributed by atoms with Gasteiger partial charge in [-0.2, -0.15) is 0 Å². The molecule has 1 aromatic rings. The Labute approximate surface area is 109 Å². The Balaban J connectivity index is 2.65. The second-order valence-electron chi connectivity index (χ2n) is 3.10. The Morgan fingerprint density at radius 3 is 2.75 bits per heavy atom. The molecule has 0 saturated heterocycles. The average Bonchev–Trinajstić information content (AvgIpc) is 2.21. The van der Waals surface area contributed by atoms with Crippen LogP contribution >= 0.6 is 35.4 Å². The number of thiocarbonyl (C=S) groups is 1. The summed E-state index contributed by atoms with van der Waals surface area (Å²) in [4.78, 5) is 12.0. The van der Waals surface area contributed by atoms with Gasteiger partial charge in [0.1, 0.15) is 0 Å². The van der Waals surface area contributed by atoms with Crippen molar-refractivity contribution in [3.63, 3.8) is 0 Å². The highest BCUT2D eigenvalue weighted by Gasteiger charge is 2.10. The first-order valence-corrected chi connectivity index (χ1v) is 5.68. The second kappa shape index (κ2) is 6.03. The zero-order valence-electron chi connectivity index (χ0n) is 8.30. The van der Waals surface area contributed by atoms with Gasteiger partial charge in [0.05, 0.1) is 15.6 Å². The summed E-state index contributed by atoms with van der Waals surface area (Å²) < 4.78 is 0. The first-order chi connectivity index (χ1) is 7.50. The summed E-state index contributed by atoms with van der Waals surface area (Å²) in [5.41, 5.74) is 5.65. The number of carbonyl (C=O) groups is 1. The van der Waals surface area contributed by atoms with Gasteiger partial charge in [0.2, 0.25) is 0 Å². The van der Waals surface area contributed by atoms with Crippen molar-refractivity contribution in [1.82, 2.24) is 5.32 Å². The quantitative estimate of drug-likeness (QED) is 0.831. The molecule has 0 fully saturated rings. The molecule has 3 N–H and O–H groups in total. The molecule has 0 aliphatic rings. The molecule has 1 rings (SSSR count). The third-order valence-corrected chi connectivity index (χ3v) is 2.60. The van der Waals surface area contributed by atoms with E-state index in [0.717, 1.165) is 0 Å². The van der Waals surface area contributed by atoms with Crippen LogP contribution in [0.4, 0.5) is 0 Å². The van der Waals surface area contributed by atoms with Crippen molar-refractivity contribution in [3.05, 3.63) is 33.8 Å². The van der Waals surface area contributed by atoms with Crippen LogP contribution in [0.15, 0.2) is 18.2 Å². The lowest BCUT2D eigenvalue weighted by atomic mass is 10.2. The minimum atomic E-state index is -0.288. The van der Waals surface area contributed by atoms with Crippen molar-refractivity contribution in [3.8, 4) is 0 Å². The molecule has 1 amide bonds. The van der Waals surface area contributed by atoms with Gasteiger partial charge in [-0.25, -0.2) is 0 Å². The minimum absolute atomic E-state index is 0.288. The molecule has 1 aromatic carbocycles. The fourth-order valence-corrected chi connectivity index (χ4v) is 1.54. The van der Waals surface area contributed by atoms with Crippen LogP contribution in [-0.4, -0.2) is 17.4 Å². The van der Waals surface area contributed by atoms with E-state index < -0.39 is 0 Å². The Morgan fingerprint density at radius 2 is 2.12 bits per heavy atom. The minimum Gasteiger partial charge on any atom is -0.393 e. The highest BCUT2D eigenvalue weighted by atomic mass is 35.5. The van der Waals surface area contributed by atoms with E-state index >= 15 is 0 Å². The number of halogens is 2. The number of hydrogen-bond acceptors (Lipinski definition) is 2. The summed E-state index contributed by atoms with van der Waals surface area (Å²) in [5, 5.41) is 3.47. The standard InChI is InChI=1S/C10H10Cl2N2OS/c11-6-1-2-8(12)7(5-6)10(15)14-4-3-9(13)16/h1-2,5H,3-4H2,(H2,13,16)(H,14,15). The number of carbonyl (C=O) groups excluding carboxylic acids is 1. The normalized spacial score (nSPS) is 9.88.